The number of thiocarbonyl (C=S) groups is 1. The summed E-state index contributed by atoms with van der Waals surface area (Å²) in [5.74, 6) is 0.0536. The Bertz CT molecular complexity index is 443. The van der Waals surface area contributed by atoms with Crippen LogP contribution in [0.4, 0.5) is 0 Å². The topological polar surface area (TPSA) is 58.4 Å². The Kier molecular flexibility index (Phi) is 7.18. The number of unbranched alkanes of at least 4 members (excludes halogenated alkanes) is 1. The van der Waals surface area contributed by atoms with E-state index in [0.717, 1.165) is 37.1 Å². The van der Waals surface area contributed by atoms with Crippen LogP contribution in [-0.2, 0) is 11.2 Å². The molecule has 0 aliphatic carbocycles. The summed E-state index contributed by atoms with van der Waals surface area (Å²) in [7, 11) is 4.10. The Morgan fingerprint density at radius 3 is 2.45 bits per heavy atom. The molecule has 0 radical (unpaired) electrons. The minimum atomic E-state index is 0.0536. The fourth-order valence-electron chi connectivity index (χ4n) is 1.82. The average molecular weight is 293 g/mol. The Morgan fingerprint density at radius 1 is 1.25 bits per heavy atom. The Balaban J connectivity index is 2.26. The van der Waals surface area contributed by atoms with Gasteiger partial charge in [0, 0.05) is 12.1 Å². The third kappa shape index (κ3) is 6.63. The second-order valence-corrected chi connectivity index (χ2v) is 5.54. The van der Waals surface area contributed by atoms with Crippen molar-refractivity contribution in [1.29, 1.82) is 0 Å². The Labute approximate surface area is 126 Å². The molecule has 3 N–H and O–H groups in total. The van der Waals surface area contributed by atoms with Crippen LogP contribution in [0.3, 0.4) is 0 Å². The number of nitrogens with zero attached hydrogens (tertiary/aromatic N) is 1. The van der Waals surface area contributed by atoms with Crippen molar-refractivity contribution >= 4 is 23.1 Å². The highest BCUT2D eigenvalue weighted by molar-refractivity contribution is 7.80. The van der Waals surface area contributed by atoms with E-state index in [1.165, 1.54) is 0 Å². The van der Waals surface area contributed by atoms with Crippen molar-refractivity contribution in [2.75, 3.05) is 27.2 Å². The van der Waals surface area contributed by atoms with Crippen molar-refractivity contribution in [3.8, 4) is 0 Å². The van der Waals surface area contributed by atoms with Gasteiger partial charge in [0.1, 0.15) is 4.99 Å². The van der Waals surface area contributed by atoms with Gasteiger partial charge in [-0.3, -0.25) is 4.79 Å². The second kappa shape index (κ2) is 8.66. The van der Waals surface area contributed by atoms with E-state index in [1.807, 2.05) is 24.3 Å². The first-order valence-corrected chi connectivity index (χ1v) is 7.20. The summed E-state index contributed by atoms with van der Waals surface area (Å²) in [6.07, 6.45) is 2.49. The van der Waals surface area contributed by atoms with Crippen molar-refractivity contribution in [1.82, 2.24) is 10.2 Å². The number of carbonyl (C=O) groups excluding carboxylic acids is 1. The zero-order valence-electron chi connectivity index (χ0n) is 12.2. The number of nitrogens with one attached hydrogen (secondary N) is 1. The number of rotatable bonds is 8. The third-order valence-electron chi connectivity index (χ3n) is 2.96. The van der Waals surface area contributed by atoms with Gasteiger partial charge in [0.05, 0.1) is 6.42 Å². The van der Waals surface area contributed by atoms with Crippen molar-refractivity contribution in [3.63, 3.8) is 0 Å². The lowest BCUT2D eigenvalue weighted by Crippen LogP contribution is -2.26. The molecule has 110 valence electrons. The SMILES string of the molecule is CN(C)CCCCNC(=O)Cc1ccc(C(N)=S)cc1. The van der Waals surface area contributed by atoms with E-state index in [1.54, 1.807) is 0 Å². The van der Waals surface area contributed by atoms with E-state index >= 15 is 0 Å². The predicted molar refractivity (Wildman–Crippen MR) is 86.8 cm³/mol. The first-order valence-electron chi connectivity index (χ1n) is 6.79. The number of carbonyl (C=O) groups is 1. The Hall–Kier alpha value is -1.46. The summed E-state index contributed by atoms with van der Waals surface area (Å²) in [6, 6.07) is 7.48. The van der Waals surface area contributed by atoms with Gasteiger partial charge in [-0.2, -0.15) is 0 Å². The molecule has 0 aliphatic heterocycles. The Morgan fingerprint density at radius 2 is 1.90 bits per heavy atom. The number of benzene rings is 1. The third-order valence-corrected chi connectivity index (χ3v) is 3.19. The second-order valence-electron chi connectivity index (χ2n) is 5.10. The van der Waals surface area contributed by atoms with Gasteiger partial charge < -0.3 is 16.0 Å². The molecule has 1 aromatic carbocycles. The number of hydrogen-bond acceptors (Lipinski definition) is 3. The normalized spacial score (nSPS) is 10.6. The highest BCUT2D eigenvalue weighted by Gasteiger charge is 2.03. The highest BCUT2D eigenvalue weighted by Crippen LogP contribution is 2.05. The largest absolute Gasteiger partial charge is 0.389 e. The summed E-state index contributed by atoms with van der Waals surface area (Å²) in [6.45, 7) is 1.79. The van der Waals surface area contributed by atoms with Crippen LogP contribution in [0.2, 0.25) is 0 Å². The quantitative estimate of drug-likeness (QED) is 0.561. The molecule has 0 unspecified atom stereocenters. The minimum Gasteiger partial charge on any atom is -0.389 e. The molecule has 0 saturated heterocycles. The van der Waals surface area contributed by atoms with Gasteiger partial charge in [0.15, 0.2) is 0 Å². The van der Waals surface area contributed by atoms with E-state index < -0.39 is 0 Å². The highest BCUT2D eigenvalue weighted by atomic mass is 32.1. The fraction of sp³-hybridized carbons (Fsp3) is 0.467. The van der Waals surface area contributed by atoms with Gasteiger partial charge in [0.2, 0.25) is 5.91 Å². The van der Waals surface area contributed by atoms with Gasteiger partial charge in [-0.05, 0) is 39.0 Å². The van der Waals surface area contributed by atoms with Crippen LogP contribution in [0, 0.1) is 0 Å². The van der Waals surface area contributed by atoms with Crippen molar-refractivity contribution in [2.45, 2.75) is 19.3 Å². The standard InChI is InChI=1S/C15H23N3OS/c1-18(2)10-4-3-9-17-14(19)11-12-5-7-13(8-6-12)15(16)20/h5-8H,3-4,9-11H2,1-2H3,(H2,16,20)(H,17,19). The first-order chi connectivity index (χ1) is 9.49. The van der Waals surface area contributed by atoms with Gasteiger partial charge in [-0.1, -0.05) is 36.5 Å². The summed E-state index contributed by atoms with van der Waals surface area (Å²) >= 11 is 4.89. The summed E-state index contributed by atoms with van der Waals surface area (Å²) in [4.78, 5) is 14.3. The smallest absolute Gasteiger partial charge is 0.224 e. The summed E-state index contributed by atoms with van der Waals surface area (Å²) in [5, 5.41) is 2.93. The summed E-state index contributed by atoms with van der Waals surface area (Å²) in [5.41, 5.74) is 7.32. The molecule has 5 heteroatoms. The molecular formula is C15H23N3OS. The maximum atomic E-state index is 11.8. The molecule has 0 heterocycles. The van der Waals surface area contributed by atoms with E-state index in [0.29, 0.717) is 11.4 Å². The monoisotopic (exact) mass is 293 g/mol. The van der Waals surface area contributed by atoms with Gasteiger partial charge in [-0.25, -0.2) is 0 Å². The van der Waals surface area contributed by atoms with Crippen LogP contribution in [0.1, 0.15) is 24.0 Å². The molecule has 1 amide bonds. The van der Waals surface area contributed by atoms with E-state index in [9.17, 15) is 4.79 Å². The van der Waals surface area contributed by atoms with Crippen LogP contribution in [0.25, 0.3) is 0 Å². The van der Waals surface area contributed by atoms with E-state index in [-0.39, 0.29) is 5.91 Å². The zero-order chi connectivity index (χ0) is 15.0. The molecule has 0 fully saturated rings. The number of hydrogen-bond donors (Lipinski definition) is 2. The van der Waals surface area contributed by atoms with Gasteiger partial charge in [-0.15, -0.1) is 0 Å². The van der Waals surface area contributed by atoms with Crippen molar-refractivity contribution in [2.24, 2.45) is 5.73 Å². The molecule has 0 aliphatic rings. The lowest BCUT2D eigenvalue weighted by atomic mass is 10.1. The maximum absolute atomic E-state index is 11.8. The minimum absolute atomic E-state index is 0.0536. The van der Waals surface area contributed by atoms with Crippen LogP contribution >= 0.6 is 12.2 Å². The number of amides is 1. The van der Waals surface area contributed by atoms with Crippen LogP contribution in [0.15, 0.2) is 24.3 Å². The predicted octanol–water partition coefficient (Wildman–Crippen LogP) is 1.32. The van der Waals surface area contributed by atoms with Gasteiger partial charge >= 0.3 is 0 Å². The maximum Gasteiger partial charge on any atom is 0.224 e. The zero-order valence-corrected chi connectivity index (χ0v) is 13.0. The molecule has 1 aromatic rings. The molecule has 0 atom stereocenters. The lowest BCUT2D eigenvalue weighted by Gasteiger charge is -2.09. The molecule has 0 bridgehead atoms. The average Bonchev–Trinajstić information content (AvgIpc) is 2.38. The fourth-order valence-corrected chi connectivity index (χ4v) is 1.95. The van der Waals surface area contributed by atoms with Crippen molar-refractivity contribution < 1.29 is 4.79 Å². The molecule has 0 aromatic heterocycles. The lowest BCUT2D eigenvalue weighted by molar-refractivity contribution is -0.120. The van der Waals surface area contributed by atoms with Crippen LogP contribution in [0.5, 0.6) is 0 Å². The first kappa shape index (κ1) is 16.6. The van der Waals surface area contributed by atoms with Gasteiger partial charge in [0.25, 0.3) is 0 Å². The molecule has 0 saturated carbocycles. The van der Waals surface area contributed by atoms with Crippen LogP contribution in [-0.4, -0.2) is 43.0 Å². The number of nitrogens with two attached hydrogens (primary N) is 1. The van der Waals surface area contributed by atoms with E-state index in [2.05, 4.69) is 24.3 Å². The van der Waals surface area contributed by atoms with Crippen molar-refractivity contribution in [3.05, 3.63) is 35.4 Å². The molecular weight excluding hydrogens is 270 g/mol. The molecule has 1 rings (SSSR count). The van der Waals surface area contributed by atoms with E-state index in [4.69, 9.17) is 18.0 Å². The molecule has 4 nitrogen and oxygen atoms in total. The molecule has 20 heavy (non-hydrogen) atoms. The molecule has 0 spiro atoms. The van der Waals surface area contributed by atoms with Crippen LogP contribution < -0.4 is 11.1 Å². The summed E-state index contributed by atoms with van der Waals surface area (Å²) < 4.78 is 0.